The van der Waals surface area contributed by atoms with Gasteiger partial charge >= 0.3 is 0 Å². The van der Waals surface area contributed by atoms with Crippen molar-refractivity contribution in [3.05, 3.63) is 41.5 Å². The number of ether oxygens (including phenoxy) is 1. The van der Waals surface area contributed by atoms with Gasteiger partial charge in [0.05, 0.1) is 18.5 Å². The highest BCUT2D eigenvalue weighted by Crippen LogP contribution is 2.24. The van der Waals surface area contributed by atoms with Crippen molar-refractivity contribution in [2.24, 2.45) is 0 Å². The van der Waals surface area contributed by atoms with Gasteiger partial charge in [0.1, 0.15) is 6.73 Å². The second-order valence-electron chi connectivity index (χ2n) is 5.08. The SMILES string of the molecule is CN/C=C(\C=C(/C)N1CCOC1)c1cc(NC)cnc1C. The van der Waals surface area contributed by atoms with E-state index in [1.54, 1.807) is 0 Å². The summed E-state index contributed by atoms with van der Waals surface area (Å²) in [6.07, 6.45) is 6.03. The number of anilines is 1. The third-order valence-corrected chi connectivity index (χ3v) is 3.60. The van der Waals surface area contributed by atoms with Crippen LogP contribution in [0.25, 0.3) is 5.57 Å². The molecule has 21 heavy (non-hydrogen) atoms. The van der Waals surface area contributed by atoms with E-state index in [0.717, 1.165) is 35.7 Å². The Hall–Kier alpha value is -2.01. The Bertz CT molecular complexity index is 545. The molecule has 1 saturated heterocycles. The Morgan fingerprint density at radius 2 is 2.24 bits per heavy atom. The van der Waals surface area contributed by atoms with E-state index in [0.29, 0.717) is 6.73 Å². The average Bonchev–Trinajstić information content (AvgIpc) is 3.01. The smallest absolute Gasteiger partial charge is 0.118 e. The summed E-state index contributed by atoms with van der Waals surface area (Å²) in [6, 6.07) is 2.12. The molecule has 0 amide bonds. The summed E-state index contributed by atoms with van der Waals surface area (Å²) in [6.45, 7) is 6.56. The molecule has 1 aliphatic heterocycles. The van der Waals surface area contributed by atoms with Gasteiger partial charge in [-0.3, -0.25) is 4.98 Å². The van der Waals surface area contributed by atoms with Crippen LogP contribution in [-0.2, 0) is 4.74 Å². The summed E-state index contributed by atoms with van der Waals surface area (Å²) < 4.78 is 5.41. The zero-order chi connectivity index (χ0) is 15.2. The molecule has 5 heteroatoms. The molecule has 1 aromatic rings. The number of aromatic nitrogens is 1. The van der Waals surface area contributed by atoms with Crippen LogP contribution in [0.15, 0.2) is 30.2 Å². The van der Waals surface area contributed by atoms with Crippen LogP contribution in [0, 0.1) is 6.92 Å². The van der Waals surface area contributed by atoms with Crippen LogP contribution < -0.4 is 10.6 Å². The fourth-order valence-electron chi connectivity index (χ4n) is 2.32. The molecular weight excluding hydrogens is 264 g/mol. The molecule has 0 saturated carbocycles. The van der Waals surface area contributed by atoms with Gasteiger partial charge in [-0.1, -0.05) is 0 Å². The Labute approximate surface area is 126 Å². The third kappa shape index (κ3) is 3.76. The van der Waals surface area contributed by atoms with Crippen LogP contribution in [0.2, 0.25) is 0 Å². The van der Waals surface area contributed by atoms with E-state index in [-0.39, 0.29) is 0 Å². The number of pyridine rings is 1. The maximum atomic E-state index is 5.41. The highest BCUT2D eigenvalue weighted by molar-refractivity contribution is 5.77. The molecule has 2 heterocycles. The molecule has 5 nitrogen and oxygen atoms in total. The minimum atomic E-state index is 0.670. The Morgan fingerprint density at radius 1 is 1.43 bits per heavy atom. The number of hydrogen-bond acceptors (Lipinski definition) is 5. The monoisotopic (exact) mass is 288 g/mol. The number of rotatable bonds is 5. The normalized spacial score (nSPS) is 16.3. The van der Waals surface area contributed by atoms with E-state index in [1.807, 2.05) is 33.4 Å². The van der Waals surface area contributed by atoms with Crippen molar-refractivity contribution in [2.75, 3.05) is 39.3 Å². The third-order valence-electron chi connectivity index (χ3n) is 3.60. The summed E-state index contributed by atoms with van der Waals surface area (Å²) >= 11 is 0. The largest absolute Gasteiger partial charge is 0.393 e. The average molecular weight is 288 g/mol. The van der Waals surface area contributed by atoms with Crippen molar-refractivity contribution < 1.29 is 4.74 Å². The van der Waals surface area contributed by atoms with Gasteiger partial charge in [-0.05, 0) is 26.0 Å². The molecule has 1 fully saturated rings. The van der Waals surface area contributed by atoms with E-state index in [2.05, 4.69) is 39.6 Å². The lowest BCUT2D eigenvalue weighted by molar-refractivity contribution is 0.157. The van der Waals surface area contributed by atoms with Crippen molar-refractivity contribution in [3.63, 3.8) is 0 Å². The maximum Gasteiger partial charge on any atom is 0.118 e. The fourth-order valence-corrected chi connectivity index (χ4v) is 2.32. The second-order valence-corrected chi connectivity index (χ2v) is 5.08. The van der Waals surface area contributed by atoms with E-state index >= 15 is 0 Å². The van der Waals surface area contributed by atoms with Gasteiger partial charge in [-0.15, -0.1) is 0 Å². The molecule has 1 aromatic heterocycles. The molecule has 0 unspecified atom stereocenters. The first-order chi connectivity index (χ1) is 10.2. The zero-order valence-corrected chi connectivity index (χ0v) is 13.2. The first-order valence-electron chi connectivity index (χ1n) is 7.19. The summed E-state index contributed by atoms with van der Waals surface area (Å²) in [4.78, 5) is 6.69. The summed E-state index contributed by atoms with van der Waals surface area (Å²) in [5.41, 5.74) is 5.45. The van der Waals surface area contributed by atoms with Gasteiger partial charge in [0, 0.05) is 49.4 Å². The van der Waals surface area contributed by atoms with Crippen LogP contribution in [-0.4, -0.2) is 43.9 Å². The molecule has 114 valence electrons. The van der Waals surface area contributed by atoms with Gasteiger partial charge in [-0.25, -0.2) is 0 Å². The predicted molar refractivity (Wildman–Crippen MR) is 86.8 cm³/mol. The first-order valence-corrected chi connectivity index (χ1v) is 7.19. The zero-order valence-electron chi connectivity index (χ0n) is 13.2. The molecule has 0 aliphatic carbocycles. The van der Waals surface area contributed by atoms with E-state index in [1.165, 1.54) is 5.70 Å². The van der Waals surface area contributed by atoms with Crippen molar-refractivity contribution >= 4 is 11.3 Å². The van der Waals surface area contributed by atoms with Crippen LogP contribution in [0.4, 0.5) is 5.69 Å². The Kier molecular flexibility index (Phi) is 5.22. The number of nitrogens with zero attached hydrogens (tertiary/aromatic N) is 2. The Balaban J connectivity index is 2.35. The van der Waals surface area contributed by atoms with Gasteiger partial charge < -0.3 is 20.3 Å². The van der Waals surface area contributed by atoms with E-state index < -0.39 is 0 Å². The lowest BCUT2D eigenvalue weighted by Gasteiger charge is -2.17. The van der Waals surface area contributed by atoms with Gasteiger partial charge in [-0.2, -0.15) is 0 Å². The quantitative estimate of drug-likeness (QED) is 0.813. The van der Waals surface area contributed by atoms with Crippen molar-refractivity contribution in [2.45, 2.75) is 13.8 Å². The van der Waals surface area contributed by atoms with Crippen molar-refractivity contribution in [1.29, 1.82) is 0 Å². The Morgan fingerprint density at radius 3 is 2.86 bits per heavy atom. The highest BCUT2D eigenvalue weighted by atomic mass is 16.5. The van der Waals surface area contributed by atoms with E-state index in [9.17, 15) is 0 Å². The van der Waals surface area contributed by atoms with Crippen LogP contribution in [0.5, 0.6) is 0 Å². The molecular formula is C16H24N4O. The summed E-state index contributed by atoms with van der Waals surface area (Å²) in [7, 11) is 3.81. The molecule has 0 atom stereocenters. The first kappa shape index (κ1) is 15.4. The number of hydrogen-bond donors (Lipinski definition) is 2. The lowest BCUT2D eigenvalue weighted by Crippen LogP contribution is -2.17. The topological polar surface area (TPSA) is 49.4 Å². The summed E-state index contributed by atoms with van der Waals surface area (Å²) in [5.74, 6) is 0. The molecule has 1 aliphatic rings. The molecule has 2 rings (SSSR count). The number of allylic oxidation sites excluding steroid dienone is 3. The molecule has 0 spiro atoms. The standard InChI is InChI=1S/C16H24N4O/c1-12(20-5-6-21-11-20)7-14(9-17-3)16-8-15(18-4)10-19-13(16)2/h7-10,17-18H,5-6,11H2,1-4H3/b12-7+,14-9+. The van der Waals surface area contributed by atoms with Crippen LogP contribution in [0.1, 0.15) is 18.2 Å². The molecule has 0 aromatic carbocycles. The number of nitrogens with one attached hydrogen (secondary N) is 2. The minimum Gasteiger partial charge on any atom is -0.393 e. The minimum absolute atomic E-state index is 0.670. The van der Waals surface area contributed by atoms with E-state index in [4.69, 9.17) is 4.74 Å². The van der Waals surface area contributed by atoms with Crippen LogP contribution >= 0.6 is 0 Å². The van der Waals surface area contributed by atoms with Crippen molar-refractivity contribution in [1.82, 2.24) is 15.2 Å². The fraction of sp³-hybridized carbons (Fsp3) is 0.438. The number of aryl methyl sites for hydroxylation is 1. The second kappa shape index (κ2) is 7.13. The van der Waals surface area contributed by atoms with Gasteiger partial charge in [0.25, 0.3) is 0 Å². The van der Waals surface area contributed by atoms with Gasteiger partial charge in [0.15, 0.2) is 0 Å². The highest BCUT2D eigenvalue weighted by Gasteiger charge is 2.13. The van der Waals surface area contributed by atoms with Crippen molar-refractivity contribution in [3.8, 4) is 0 Å². The molecule has 2 N–H and O–H groups in total. The molecule has 0 radical (unpaired) electrons. The maximum absolute atomic E-state index is 5.41. The van der Waals surface area contributed by atoms with Gasteiger partial charge in [0.2, 0.25) is 0 Å². The summed E-state index contributed by atoms with van der Waals surface area (Å²) in [5, 5.41) is 6.26. The lowest BCUT2D eigenvalue weighted by atomic mass is 10.0. The van der Waals surface area contributed by atoms with Crippen LogP contribution in [0.3, 0.4) is 0 Å². The predicted octanol–water partition coefficient (Wildman–Crippen LogP) is 2.19. The molecule has 0 bridgehead atoms.